The molecule has 2 N–H and O–H groups in total. The number of aliphatic hydroxyl groups excluding tert-OH is 1. The number of amides is 1. The highest BCUT2D eigenvalue weighted by molar-refractivity contribution is 5.96. The Balaban J connectivity index is 2.01. The highest BCUT2D eigenvalue weighted by Crippen LogP contribution is 2.37. The summed E-state index contributed by atoms with van der Waals surface area (Å²) in [7, 11) is 1.51. The van der Waals surface area contributed by atoms with Gasteiger partial charge in [0.2, 0.25) is 0 Å². The molecule has 1 amide bonds. The molecule has 1 fully saturated rings. The van der Waals surface area contributed by atoms with Crippen LogP contribution >= 0.6 is 0 Å². The number of hydrogen-bond donors (Lipinski definition) is 2. The molecule has 0 bridgehead atoms. The molecule has 0 aliphatic heterocycles. The van der Waals surface area contributed by atoms with Crippen LogP contribution in [-0.4, -0.2) is 36.3 Å². The average Bonchev–Trinajstić information content (AvgIpc) is 2.94. The summed E-state index contributed by atoms with van der Waals surface area (Å²) in [4.78, 5) is 16.1. The lowest BCUT2D eigenvalue weighted by atomic mass is 9.87. The van der Waals surface area contributed by atoms with Crippen LogP contribution < -0.4 is 10.1 Å². The minimum Gasteiger partial charge on any atom is -0.494 e. The van der Waals surface area contributed by atoms with Gasteiger partial charge in [-0.05, 0) is 18.9 Å². The summed E-state index contributed by atoms with van der Waals surface area (Å²) in [6, 6.07) is 1.63. The Labute approximate surface area is 113 Å². The minimum absolute atomic E-state index is 0.126. The number of methoxy groups -OCH3 is 1. The fourth-order valence-electron chi connectivity index (χ4n) is 2.61. The molecule has 0 saturated heterocycles. The third kappa shape index (κ3) is 3.04. The highest BCUT2D eigenvalue weighted by Gasteiger charge is 2.33. The van der Waals surface area contributed by atoms with E-state index in [-0.39, 0.29) is 17.9 Å². The maximum Gasteiger partial charge on any atom is 0.255 e. The SMILES string of the molecule is COc1cnccc1C(=O)NCC1(CO)CCCC1. The third-order valence-corrected chi connectivity index (χ3v) is 3.87. The summed E-state index contributed by atoms with van der Waals surface area (Å²) < 4.78 is 5.12. The monoisotopic (exact) mass is 264 g/mol. The van der Waals surface area contributed by atoms with Gasteiger partial charge in [-0.3, -0.25) is 9.78 Å². The quantitative estimate of drug-likeness (QED) is 0.842. The summed E-state index contributed by atoms with van der Waals surface area (Å²) in [5.41, 5.74) is 0.333. The number of ether oxygens (including phenoxy) is 1. The zero-order chi connectivity index (χ0) is 13.7. The summed E-state index contributed by atoms with van der Waals surface area (Å²) >= 11 is 0. The lowest BCUT2D eigenvalue weighted by Gasteiger charge is -2.26. The van der Waals surface area contributed by atoms with Crippen molar-refractivity contribution < 1.29 is 14.6 Å². The van der Waals surface area contributed by atoms with Crippen LogP contribution in [0.5, 0.6) is 5.75 Å². The van der Waals surface area contributed by atoms with Gasteiger partial charge in [0.05, 0.1) is 25.5 Å². The first kappa shape index (κ1) is 13.8. The van der Waals surface area contributed by atoms with E-state index >= 15 is 0 Å². The third-order valence-electron chi connectivity index (χ3n) is 3.87. The van der Waals surface area contributed by atoms with Crippen molar-refractivity contribution in [3.8, 4) is 5.75 Å². The molecule has 0 aromatic carbocycles. The van der Waals surface area contributed by atoms with Crippen LogP contribution in [0.1, 0.15) is 36.0 Å². The minimum atomic E-state index is -0.182. The second-order valence-corrected chi connectivity index (χ2v) is 5.12. The van der Waals surface area contributed by atoms with Gasteiger partial charge in [0.15, 0.2) is 0 Å². The number of nitrogens with one attached hydrogen (secondary N) is 1. The molecule has 2 rings (SSSR count). The van der Waals surface area contributed by atoms with Crippen LogP contribution in [0.15, 0.2) is 18.5 Å². The molecule has 1 aromatic heterocycles. The van der Waals surface area contributed by atoms with Crippen molar-refractivity contribution in [2.75, 3.05) is 20.3 Å². The van der Waals surface area contributed by atoms with Crippen LogP contribution in [-0.2, 0) is 0 Å². The molecule has 1 heterocycles. The largest absolute Gasteiger partial charge is 0.494 e. The predicted octanol–water partition coefficient (Wildman–Crippen LogP) is 1.37. The zero-order valence-electron chi connectivity index (χ0n) is 11.2. The molecular formula is C14H20N2O3. The number of carbonyl (C=O) groups excluding carboxylic acids is 1. The van der Waals surface area contributed by atoms with Crippen molar-refractivity contribution in [2.45, 2.75) is 25.7 Å². The molecule has 1 aliphatic rings. The van der Waals surface area contributed by atoms with Crippen LogP contribution in [0.2, 0.25) is 0 Å². The second-order valence-electron chi connectivity index (χ2n) is 5.12. The predicted molar refractivity (Wildman–Crippen MR) is 71.1 cm³/mol. The van der Waals surface area contributed by atoms with Gasteiger partial charge in [0.25, 0.3) is 5.91 Å². The Bertz CT molecular complexity index is 442. The Morgan fingerprint density at radius 1 is 1.53 bits per heavy atom. The molecule has 0 radical (unpaired) electrons. The zero-order valence-corrected chi connectivity index (χ0v) is 11.2. The molecule has 0 spiro atoms. The molecule has 1 aromatic rings. The van der Waals surface area contributed by atoms with Crippen LogP contribution in [0.3, 0.4) is 0 Å². The van der Waals surface area contributed by atoms with Gasteiger partial charge in [-0.15, -0.1) is 0 Å². The van der Waals surface area contributed by atoms with Gasteiger partial charge in [-0.2, -0.15) is 0 Å². The smallest absolute Gasteiger partial charge is 0.255 e. The summed E-state index contributed by atoms with van der Waals surface area (Å²) in [5.74, 6) is 0.281. The number of pyridine rings is 1. The van der Waals surface area contributed by atoms with E-state index < -0.39 is 0 Å². The number of hydrogen-bond acceptors (Lipinski definition) is 4. The molecule has 19 heavy (non-hydrogen) atoms. The number of nitrogens with zero attached hydrogens (tertiary/aromatic N) is 1. The lowest BCUT2D eigenvalue weighted by molar-refractivity contribution is 0.0877. The number of carbonyl (C=O) groups is 1. The summed E-state index contributed by atoms with van der Waals surface area (Å²) in [6.07, 6.45) is 7.26. The van der Waals surface area contributed by atoms with Gasteiger partial charge < -0.3 is 15.2 Å². The van der Waals surface area contributed by atoms with E-state index in [2.05, 4.69) is 10.3 Å². The number of aromatic nitrogens is 1. The Morgan fingerprint density at radius 3 is 2.89 bits per heavy atom. The highest BCUT2D eigenvalue weighted by atomic mass is 16.5. The molecule has 5 heteroatoms. The van der Waals surface area contributed by atoms with E-state index in [0.717, 1.165) is 25.7 Å². The Kier molecular flexibility index (Phi) is 4.37. The number of aliphatic hydroxyl groups is 1. The standard InChI is InChI=1S/C14H20N2O3/c1-19-12-8-15-7-4-11(12)13(18)16-9-14(10-17)5-2-3-6-14/h4,7-8,17H,2-3,5-6,9-10H2,1H3,(H,16,18). The van der Waals surface area contributed by atoms with E-state index in [4.69, 9.17) is 4.74 Å². The van der Waals surface area contributed by atoms with Gasteiger partial charge in [0, 0.05) is 18.2 Å². The molecule has 1 saturated carbocycles. The van der Waals surface area contributed by atoms with E-state index in [0.29, 0.717) is 17.9 Å². The van der Waals surface area contributed by atoms with Crippen molar-refractivity contribution in [1.82, 2.24) is 10.3 Å². The summed E-state index contributed by atoms with van der Waals surface area (Å²) in [6.45, 7) is 0.634. The maximum absolute atomic E-state index is 12.1. The summed E-state index contributed by atoms with van der Waals surface area (Å²) in [5, 5.41) is 12.4. The Morgan fingerprint density at radius 2 is 2.26 bits per heavy atom. The fraction of sp³-hybridized carbons (Fsp3) is 0.571. The first-order valence-corrected chi connectivity index (χ1v) is 6.58. The van der Waals surface area contributed by atoms with Crippen LogP contribution in [0, 0.1) is 5.41 Å². The van der Waals surface area contributed by atoms with Crippen molar-refractivity contribution >= 4 is 5.91 Å². The van der Waals surface area contributed by atoms with Gasteiger partial charge in [0.1, 0.15) is 5.75 Å². The topological polar surface area (TPSA) is 71.5 Å². The Hall–Kier alpha value is -1.62. The molecule has 0 unspecified atom stereocenters. The van der Waals surface area contributed by atoms with Crippen molar-refractivity contribution in [2.24, 2.45) is 5.41 Å². The van der Waals surface area contributed by atoms with E-state index in [1.807, 2.05) is 0 Å². The molecule has 104 valence electrons. The first-order chi connectivity index (χ1) is 9.21. The first-order valence-electron chi connectivity index (χ1n) is 6.58. The van der Waals surface area contributed by atoms with Crippen LogP contribution in [0.25, 0.3) is 0 Å². The van der Waals surface area contributed by atoms with E-state index in [1.54, 1.807) is 12.3 Å². The van der Waals surface area contributed by atoms with Gasteiger partial charge >= 0.3 is 0 Å². The van der Waals surface area contributed by atoms with Gasteiger partial charge in [-0.1, -0.05) is 12.8 Å². The van der Waals surface area contributed by atoms with Crippen molar-refractivity contribution in [3.63, 3.8) is 0 Å². The van der Waals surface area contributed by atoms with Crippen molar-refractivity contribution in [3.05, 3.63) is 24.0 Å². The van der Waals surface area contributed by atoms with Gasteiger partial charge in [-0.25, -0.2) is 0 Å². The molecule has 5 nitrogen and oxygen atoms in total. The van der Waals surface area contributed by atoms with E-state index in [1.165, 1.54) is 13.3 Å². The normalized spacial score (nSPS) is 17.2. The second kappa shape index (κ2) is 6.02. The number of rotatable bonds is 5. The maximum atomic E-state index is 12.1. The molecule has 1 aliphatic carbocycles. The fourth-order valence-corrected chi connectivity index (χ4v) is 2.61. The van der Waals surface area contributed by atoms with E-state index in [9.17, 15) is 9.90 Å². The average molecular weight is 264 g/mol. The van der Waals surface area contributed by atoms with Crippen LogP contribution in [0.4, 0.5) is 0 Å². The molecule has 0 atom stereocenters. The van der Waals surface area contributed by atoms with Crippen molar-refractivity contribution in [1.29, 1.82) is 0 Å². The lowest BCUT2D eigenvalue weighted by Crippen LogP contribution is -2.38. The molecular weight excluding hydrogens is 244 g/mol.